The van der Waals surface area contributed by atoms with E-state index in [0.717, 1.165) is 4.57 Å². The van der Waals surface area contributed by atoms with Crippen LogP contribution in [-0.2, 0) is 14.1 Å². The average molecular weight is 436 g/mol. The van der Waals surface area contributed by atoms with E-state index in [2.05, 4.69) is 20.3 Å². The zero-order valence-electron chi connectivity index (χ0n) is 16.7. The fraction of sp³-hybridized carbons (Fsp3) is 0.333. The molecule has 2 aromatic heterocycles. The van der Waals surface area contributed by atoms with Crippen molar-refractivity contribution in [2.75, 3.05) is 12.7 Å². The first kappa shape index (κ1) is 20.1. The fourth-order valence-corrected chi connectivity index (χ4v) is 3.36. The summed E-state index contributed by atoms with van der Waals surface area (Å²) in [5.41, 5.74) is -0.509. The van der Waals surface area contributed by atoms with E-state index in [1.807, 2.05) is 0 Å². The number of imidazole rings is 1. The minimum Gasteiger partial charge on any atom is -0.390 e. The number of ether oxygens (including phenoxy) is 1. The maximum absolute atomic E-state index is 12.2. The molecule has 158 valence electrons. The molecule has 0 bridgehead atoms. The summed E-state index contributed by atoms with van der Waals surface area (Å²) in [4.78, 5) is 44.8. The summed E-state index contributed by atoms with van der Waals surface area (Å²) in [6, 6.07) is 0. The molecule has 1 saturated heterocycles. The number of nitrogens with one attached hydrogen (secondary N) is 3. The van der Waals surface area contributed by atoms with Gasteiger partial charge in [-0.2, -0.15) is 0 Å². The van der Waals surface area contributed by atoms with Gasteiger partial charge >= 0.3 is 15.4 Å². The number of amides is 1. The summed E-state index contributed by atoms with van der Waals surface area (Å²) in [5.74, 6) is -0.342. The number of carbonyl (C=O) groups is 1. The van der Waals surface area contributed by atoms with Crippen LogP contribution in [0, 0.1) is 0 Å². The topological polar surface area (TPSA) is 159 Å². The summed E-state index contributed by atoms with van der Waals surface area (Å²) in [6.07, 6.45) is 7.47. The van der Waals surface area contributed by atoms with E-state index in [0.29, 0.717) is 5.69 Å². The highest BCUT2D eigenvalue weighted by atomic mass is 31.1. The Morgan fingerprint density at radius 2 is 2.33 bits per heavy atom. The number of rotatable bonds is 8. The van der Waals surface area contributed by atoms with Crippen molar-refractivity contribution in [1.29, 1.82) is 1.28 Å². The first-order chi connectivity index (χ1) is 14.8. The predicted molar refractivity (Wildman–Crippen MR) is 109 cm³/mol. The van der Waals surface area contributed by atoms with Crippen molar-refractivity contribution < 1.29 is 19.2 Å². The zero-order valence-corrected chi connectivity index (χ0v) is 16.6. The van der Waals surface area contributed by atoms with E-state index in [1.54, 1.807) is 18.3 Å². The maximum Gasteiger partial charge on any atom is 0.388 e. The van der Waals surface area contributed by atoms with Crippen LogP contribution >= 0.6 is 8.41 Å². The largest absolute Gasteiger partial charge is 0.390 e. The number of nitrogens with zero attached hydrogens (tertiary/aromatic N) is 2. The number of H-pyrrole nitrogens is 2. The van der Waals surface area contributed by atoms with Gasteiger partial charge in [-0.05, 0) is 6.08 Å². The molecular weight excluding hydrogens is 413 g/mol. The molecule has 4 atom stereocenters. The smallest absolute Gasteiger partial charge is 0.388 e. The molecule has 11 nitrogen and oxygen atoms in total. The molecule has 3 heterocycles. The van der Waals surface area contributed by atoms with Gasteiger partial charge in [0.2, 0.25) is 5.91 Å². The van der Waals surface area contributed by atoms with Crippen molar-refractivity contribution in [3.8, 4) is 0 Å². The van der Waals surface area contributed by atoms with E-state index < -0.39 is 38.1 Å². The molecule has 1 amide bonds. The summed E-state index contributed by atoms with van der Waals surface area (Å²) in [6.45, 7) is 0.141. The highest BCUT2D eigenvalue weighted by Gasteiger charge is 2.37. The van der Waals surface area contributed by atoms with E-state index in [1.165, 1.54) is 24.7 Å². The number of aliphatic hydroxyl groups is 1. The third-order valence-electron chi connectivity index (χ3n) is 4.39. The quantitative estimate of drug-likeness (QED) is 0.329. The molecule has 0 aromatic carbocycles. The lowest BCUT2D eigenvalue weighted by Gasteiger charge is -2.13. The van der Waals surface area contributed by atoms with Gasteiger partial charge in [-0.25, -0.2) is 9.78 Å². The van der Waals surface area contributed by atoms with E-state index in [4.69, 9.17) is 6.02 Å². The molecule has 0 radical (unpaired) electrons. The molecule has 0 saturated carbocycles. The summed E-state index contributed by atoms with van der Waals surface area (Å²) >= 11 is 0. The second-order valence-electron chi connectivity index (χ2n) is 6.48. The van der Waals surface area contributed by atoms with Crippen molar-refractivity contribution in [1.82, 2.24) is 24.8 Å². The summed E-state index contributed by atoms with van der Waals surface area (Å²) < 4.78 is 24.9. The zero-order chi connectivity index (χ0) is 22.4. The van der Waals surface area contributed by atoms with Gasteiger partial charge in [0.15, 0.2) is 6.16 Å². The molecule has 2 aromatic rings. The molecule has 4 unspecified atom stereocenters. The van der Waals surface area contributed by atoms with Crippen LogP contribution in [0.4, 0.5) is 0 Å². The Kier molecular flexibility index (Phi) is 6.75. The van der Waals surface area contributed by atoms with Crippen molar-refractivity contribution in [2.45, 2.75) is 24.9 Å². The second-order valence-corrected chi connectivity index (χ2v) is 7.11. The number of carbonyl (C=O) groups excluding carboxylic acids is 1. The highest BCUT2D eigenvalue weighted by molar-refractivity contribution is 7.23. The van der Waals surface area contributed by atoms with Crippen LogP contribution in [-0.4, -0.2) is 56.7 Å². The Morgan fingerprint density at radius 1 is 1.50 bits per heavy atom. The minimum absolute atomic E-state index is 0.0572. The number of hydrogen-bond acceptors (Lipinski definition) is 7. The molecular formula is C18H21N5O6P+. The van der Waals surface area contributed by atoms with Crippen LogP contribution in [0.2, 0.25) is 0 Å². The molecule has 1 fully saturated rings. The lowest BCUT2D eigenvalue weighted by atomic mass is 10.2. The third-order valence-corrected chi connectivity index (χ3v) is 4.90. The van der Waals surface area contributed by atoms with Crippen LogP contribution in [0.25, 0.3) is 12.2 Å². The van der Waals surface area contributed by atoms with Crippen molar-refractivity contribution in [3.63, 3.8) is 0 Å². The second kappa shape index (κ2) is 10.1. The van der Waals surface area contributed by atoms with Gasteiger partial charge in [-0.1, -0.05) is 16.7 Å². The van der Waals surface area contributed by atoms with E-state index >= 15 is 0 Å². The average Bonchev–Trinajstić information content (AvgIpc) is 3.35. The minimum atomic E-state index is -2.26. The first-order valence-corrected chi connectivity index (χ1v) is 10.1. The van der Waals surface area contributed by atoms with Crippen LogP contribution < -0.4 is 16.6 Å². The van der Waals surface area contributed by atoms with Crippen molar-refractivity contribution >= 4 is 26.5 Å². The SMILES string of the molecule is [3H][P+](=O)CC1OC(n2cc(/C=C/CNC(=O)/C=C/c3cnc[nH]3)c(=O)[nH]c2=O)CC1O. The van der Waals surface area contributed by atoms with Gasteiger partial charge < -0.3 is 20.1 Å². The number of aromatic nitrogens is 4. The molecule has 30 heavy (non-hydrogen) atoms. The summed E-state index contributed by atoms with van der Waals surface area (Å²) in [7, 11) is -2.26. The van der Waals surface area contributed by atoms with Crippen LogP contribution in [0.5, 0.6) is 0 Å². The number of aliphatic hydroxyl groups excluding tert-OH is 1. The van der Waals surface area contributed by atoms with Crippen LogP contribution in [0.3, 0.4) is 0 Å². The predicted octanol–water partition coefficient (Wildman–Crippen LogP) is -0.225. The third kappa shape index (κ3) is 5.47. The molecule has 12 heteroatoms. The van der Waals surface area contributed by atoms with Crippen LogP contribution in [0.15, 0.2) is 40.5 Å². The van der Waals surface area contributed by atoms with Gasteiger partial charge in [0.1, 0.15) is 12.3 Å². The number of hydrogen-bond donors (Lipinski definition) is 4. The van der Waals surface area contributed by atoms with Gasteiger partial charge in [-0.15, -0.1) is 0 Å². The maximum atomic E-state index is 12.2. The molecule has 1 aliphatic rings. The highest BCUT2D eigenvalue weighted by Crippen LogP contribution is 2.29. The normalized spacial score (nSPS) is 22.5. The first-order valence-electron chi connectivity index (χ1n) is 9.51. The Balaban J connectivity index is 1.63. The Labute approximate surface area is 173 Å². The van der Waals surface area contributed by atoms with Gasteiger partial charge in [0.25, 0.3) is 5.56 Å². The Morgan fingerprint density at radius 3 is 3.07 bits per heavy atom. The lowest BCUT2D eigenvalue weighted by molar-refractivity contribution is -0.116. The van der Waals surface area contributed by atoms with Gasteiger partial charge in [0, 0.05) is 25.2 Å². The van der Waals surface area contributed by atoms with Crippen LogP contribution in [0.1, 0.15) is 23.9 Å². The summed E-state index contributed by atoms with van der Waals surface area (Å²) in [5, 5.41) is 12.6. The van der Waals surface area contributed by atoms with Gasteiger partial charge in [0.05, 0.1) is 29.9 Å². The standard InChI is InChI=1S/C18H20N5O6P/c24-13-6-16(29-14(13)9-30-28)23-8-11(17(26)22-18(23)27)2-1-5-20-15(25)4-3-12-7-19-10-21-12/h1-4,7-8,10,13-14,16,24H,5-6,9H2,(H,19,21)(H,20,25)(H,22,26,27)/p+1/b2-1+,4-3+/i/hT. The molecule has 3 rings (SSSR count). The van der Waals surface area contributed by atoms with Crippen molar-refractivity contribution in [2.24, 2.45) is 0 Å². The monoisotopic (exact) mass is 436 g/mol. The number of aromatic amines is 2. The van der Waals surface area contributed by atoms with Crippen molar-refractivity contribution in [3.05, 3.63) is 63.0 Å². The lowest BCUT2D eigenvalue weighted by Crippen LogP contribution is -2.33. The van der Waals surface area contributed by atoms with E-state index in [9.17, 15) is 24.1 Å². The van der Waals surface area contributed by atoms with Gasteiger partial charge in [-0.3, -0.25) is 19.1 Å². The molecule has 0 aliphatic carbocycles. The molecule has 0 spiro atoms. The Bertz CT molecular complexity index is 1110. The fourth-order valence-electron chi connectivity index (χ4n) is 2.88. The Hall–Kier alpha value is -3.14. The van der Waals surface area contributed by atoms with E-state index in [-0.39, 0.29) is 30.6 Å². The molecule has 1 aliphatic heterocycles. The molecule has 4 N–H and O–H groups in total.